The summed E-state index contributed by atoms with van der Waals surface area (Å²) in [5, 5.41) is 6.27. The van der Waals surface area contributed by atoms with Gasteiger partial charge in [-0.3, -0.25) is 14.6 Å². The van der Waals surface area contributed by atoms with Gasteiger partial charge in [-0.15, -0.1) is 0 Å². The molecule has 32 heavy (non-hydrogen) atoms. The van der Waals surface area contributed by atoms with Crippen LogP contribution in [-0.4, -0.2) is 23.0 Å². The highest BCUT2D eigenvalue weighted by atomic mass is 19.4. The number of pyridine rings is 1. The number of alkyl halides is 3. The lowest BCUT2D eigenvalue weighted by atomic mass is 9.87. The predicted octanol–water partition coefficient (Wildman–Crippen LogP) is 5.06. The highest BCUT2D eigenvalue weighted by molar-refractivity contribution is 5.99. The molecule has 0 saturated carbocycles. The van der Waals surface area contributed by atoms with Crippen molar-refractivity contribution in [2.75, 3.05) is 5.32 Å². The zero-order valence-electron chi connectivity index (χ0n) is 17.8. The number of rotatable bonds is 4. The normalized spacial score (nSPS) is 14.8. The van der Waals surface area contributed by atoms with Crippen LogP contribution in [0.3, 0.4) is 0 Å². The Labute approximate surface area is 183 Å². The molecule has 4 rings (SSSR count). The second-order valence-electron chi connectivity index (χ2n) is 8.56. The molecular formula is C24H22F3N3O2. The molecule has 1 atom stereocenters. The van der Waals surface area contributed by atoms with Gasteiger partial charge in [0.15, 0.2) is 0 Å². The molecule has 0 fully saturated rings. The SMILES string of the molecule is CC(NC(=O)c1ccc2nc(C(C)(C)C(F)(F)F)ccc2c1)c1ccc2c(c1)CC(=O)N2. The van der Waals surface area contributed by atoms with Crippen molar-refractivity contribution in [1.82, 2.24) is 10.3 Å². The Balaban J connectivity index is 1.53. The van der Waals surface area contributed by atoms with Crippen LogP contribution in [0.5, 0.6) is 0 Å². The number of carbonyl (C=O) groups excluding carboxylic acids is 2. The van der Waals surface area contributed by atoms with E-state index in [-0.39, 0.29) is 23.6 Å². The van der Waals surface area contributed by atoms with Gasteiger partial charge in [0.25, 0.3) is 5.91 Å². The topological polar surface area (TPSA) is 71.1 Å². The number of hydrogen-bond acceptors (Lipinski definition) is 3. The minimum atomic E-state index is -4.43. The summed E-state index contributed by atoms with van der Waals surface area (Å²) in [6.07, 6.45) is -4.11. The molecule has 2 aromatic carbocycles. The summed E-state index contributed by atoms with van der Waals surface area (Å²) in [5.74, 6) is -0.366. The minimum Gasteiger partial charge on any atom is -0.346 e. The number of carbonyl (C=O) groups is 2. The largest absolute Gasteiger partial charge is 0.399 e. The molecule has 0 bridgehead atoms. The Morgan fingerprint density at radius 3 is 2.56 bits per heavy atom. The summed E-state index contributed by atoms with van der Waals surface area (Å²) >= 11 is 0. The Kier molecular flexibility index (Phi) is 5.19. The first kappa shape index (κ1) is 21.8. The maximum atomic E-state index is 13.3. The van der Waals surface area contributed by atoms with E-state index < -0.39 is 11.6 Å². The molecule has 8 heteroatoms. The smallest absolute Gasteiger partial charge is 0.346 e. The number of nitrogens with one attached hydrogen (secondary N) is 2. The van der Waals surface area contributed by atoms with Crippen molar-refractivity contribution >= 4 is 28.4 Å². The van der Waals surface area contributed by atoms with E-state index >= 15 is 0 Å². The number of benzene rings is 2. The lowest BCUT2D eigenvalue weighted by Gasteiger charge is -2.27. The van der Waals surface area contributed by atoms with E-state index in [0.29, 0.717) is 22.9 Å². The van der Waals surface area contributed by atoms with Gasteiger partial charge in [0.2, 0.25) is 5.91 Å². The van der Waals surface area contributed by atoms with Gasteiger partial charge in [-0.25, -0.2) is 0 Å². The zero-order valence-corrected chi connectivity index (χ0v) is 17.8. The number of amides is 2. The molecule has 2 N–H and O–H groups in total. The van der Waals surface area contributed by atoms with E-state index in [1.807, 2.05) is 25.1 Å². The third kappa shape index (κ3) is 3.92. The molecule has 0 spiro atoms. The number of halogens is 3. The van der Waals surface area contributed by atoms with Crippen LogP contribution in [0.15, 0.2) is 48.5 Å². The van der Waals surface area contributed by atoms with Crippen LogP contribution in [0.4, 0.5) is 18.9 Å². The first-order chi connectivity index (χ1) is 15.0. The molecule has 3 aromatic rings. The molecule has 2 amide bonds. The van der Waals surface area contributed by atoms with E-state index in [4.69, 9.17) is 0 Å². The van der Waals surface area contributed by atoms with Crippen LogP contribution in [0.2, 0.25) is 0 Å². The van der Waals surface area contributed by atoms with Gasteiger partial charge in [0, 0.05) is 16.6 Å². The number of anilines is 1. The van der Waals surface area contributed by atoms with Crippen molar-refractivity contribution in [1.29, 1.82) is 0 Å². The van der Waals surface area contributed by atoms with Crippen LogP contribution in [0.1, 0.15) is 54.0 Å². The summed E-state index contributed by atoms with van der Waals surface area (Å²) in [7, 11) is 0. The second-order valence-corrected chi connectivity index (χ2v) is 8.56. The summed E-state index contributed by atoms with van der Waals surface area (Å²) in [4.78, 5) is 28.5. The molecule has 2 heterocycles. The molecule has 1 unspecified atom stereocenters. The van der Waals surface area contributed by atoms with Crippen molar-refractivity contribution in [2.24, 2.45) is 0 Å². The summed E-state index contributed by atoms with van der Waals surface area (Å²) < 4.78 is 40.0. The predicted molar refractivity (Wildman–Crippen MR) is 115 cm³/mol. The molecule has 0 saturated heterocycles. The molecule has 1 aliphatic heterocycles. The fourth-order valence-electron chi connectivity index (χ4n) is 3.64. The van der Waals surface area contributed by atoms with Crippen LogP contribution in [0.25, 0.3) is 10.9 Å². The average molecular weight is 441 g/mol. The lowest BCUT2D eigenvalue weighted by molar-refractivity contribution is -0.181. The van der Waals surface area contributed by atoms with E-state index in [2.05, 4.69) is 15.6 Å². The second kappa shape index (κ2) is 7.62. The number of fused-ring (bicyclic) bond motifs is 2. The Hall–Kier alpha value is -3.42. The van der Waals surface area contributed by atoms with Gasteiger partial charge in [0.1, 0.15) is 5.41 Å². The molecule has 1 aliphatic rings. The number of hydrogen-bond donors (Lipinski definition) is 2. The average Bonchev–Trinajstić information content (AvgIpc) is 3.11. The summed E-state index contributed by atoms with van der Waals surface area (Å²) in [6.45, 7) is 4.03. The standard InChI is InChI=1S/C24H22F3N3O2/c1-13(14-4-7-19-17(10-14)12-21(31)30-19)28-22(32)16-5-8-18-15(11-16)6-9-20(29-18)23(2,3)24(25,26)27/h4-11,13H,12H2,1-3H3,(H,28,32)(H,30,31). The quantitative estimate of drug-likeness (QED) is 0.595. The van der Waals surface area contributed by atoms with Gasteiger partial charge < -0.3 is 10.6 Å². The third-order valence-electron chi connectivity index (χ3n) is 5.90. The van der Waals surface area contributed by atoms with Crippen LogP contribution in [0, 0.1) is 0 Å². The molecule has 0 aliphatic carbocycles. The number of aromatic nitrogens is 1. The monoisotopic (exact) mass is 441 g/mol. The maximum Gasteiger partial charge on any atom is 0.399 e. The third-order valence-corrected chi connectivity index (χ3v) is 5.90. The minimum absolute atomic E-state index is 0.0552. The molecule has 166 valence electrons. The highest BCUT2D eigenvalue weighted by Gasteiger charge is 2.49. The molecule has 0 radical (unpaired) electrons. The summed E-state index contributed by atoms with van der Waals surface area (Å²) in [6, 6.07) is 12.9. The Morgan fingerprint density at radius 1 is 1.09 bits per heavy atom. The molecule has 5 nitrogen and oxygen atoms in total. The Bertz CT molecular complexity index is 1230. The van der Waals surface area contributed by atoms with Crippen molar-refractivity contribution in [2.45, 2.75) is 44.8 Å². The van der Waals surface area contributed by atoms with Gasteiger partial charge in [-0.05, 0) is 62.2 Å². The fourth-order valence-corrected chi connectivity index (χ4v) is 3.64. The van der Waals surface area contributed by atoms with Gasteiger partial charge in [-0.2, -0.15) is 13.2 Å². The van der Waals surface area contributed by atoms with Crippen LogP contribution in [-0.2, 0) is 16.6 Å². The molecule has 1 aromatic heterocycles. The van der Waals surface area contributed by atoms with Gasteiger partial charge in [-0.1, -0.05) is 18.2 Å². The Morgan fingerprint density at radius 2 is 1.84 bits per heavy atom. The fraction of sp³-hybridized carbons (Fsp3) is 0.292. The number of nitrogens with zero attached hydrogens (tertiary/aromatic N) is 1. The van der Waals surface area contributed by atoms with E-state index in [9.17, 15) is 22.8 Å². The first-order valence-corrected chi connectivity index (χ1v) is 10.2. The van der Waals surface area contributed by atoms with E-state index in [1.165, 1.54) is 6.07 Å². The van der Waals surface area contributed by atoms with E-state index in [1.54, 1.807) is 24.3 Å². The van der Waals surface area contributed by atoms with Crippen molar-refractivity contribution in [3.63, 3.8) is 0 Å². The first-order valence-electron chi connectivity index (χ1n) is 10.2. The van der Waals surface area contributed by atoms with Gasteiger partial charge >= 0.3 is 6.18 Å². The van der Waals surface area contributed by atoms with Gasteiger partial charge in [0.05, 0.1) is 23.7 Å². The van der Waals surface area contributed by atoms with Crippen molar-refractivity contribution < 1.29 is 22.8 Å². The zero-order chi connectivity index (χ0) is 23.3. The molecular weight excluding hydrogens is 419 g/mol. The van der Waals surface area contributed by atoms with Crippen molar-refractivity contribution in [3.05, 3.63) is 70.9 Å². The summed E-state index contributed by atoms with van der Waals surface area (Å²) in [5.41, 5.74) is 1.16. The maximum absolute atomic E-state index is 13.3. The lowest BCUT2D eigenvalue weighted by Crippen LogP contribution is -2.37. The highest BCUT2D eigenvalue weighted by Crippen LogP contribution is 2.40. The van der Waals surface area contributed by atoms with E-state index in [0.717, 1.165) is 30.7 Å². The van der Waals surface area contributed by atoms with Crippen LogP contribution >= 0.6 is 0 Å². The van der Waals surface area contributed by atoms with Crippen molar-refractivity contribution in [3.8, 4) is 0 Å². The van der Waals surface area contributed by atoms with Crippen LogP contribution < -0.4 is 10.6 Å².